The lowest BCUT2D eigenvalue weighted by molar-refractivity contribution is -0.385. The molecule has 108 valence electrons. The fraction of sp³-hybridized carbons (Fsp3) is 0.385. The first-order valence-corrected chi connectivity index (χ1v) is 7.08. The number of nitro groups is 1. The third-order valence-electron chi connectivity index (χ3n) is 3.38. The third kappa shape index (κ3) is 3.00. The van der Waals surface area contributed by atoms with E-state index in [0.29, 0.717) is 10.0 Å². The number of non-ortho nitro benzene ring substituents is 1. The number of halogens is 1. The number of nitrogens with one attached hydrogen (secondary N) is 1. The highest BCUT2D eigenvalue weighted by Gasteiger charge is 2.25. The highest BCUT2D eigenvalue weighted by atomic mass is 79.9. The van der Waals surface area contributed by atoms with E-state index in [1.54, 1.807) is 6.08 Å². The number of rotatable bonds is 4. The minimum absolute atomic E-state index is 0.0269. The first-order chi connectivity index (χ1) is 9.54. The number of phenolic OH excluding ortho intramolecular Hbond substituents is 1. The molecule has 0 bridgehead atoms. The van der Waals surface area contributed by atoms with Crippen LogP contribution in [0, 0.1) is 10.1 Å². The molecule has 6 nitrogen and oxygen atoms in total. The third-order valence-corrected chi connectivity index (χ3v) is 3.98. The average molecular weight is 342 g/mol. The number of hydrogen-bond acceptors (Lipinski definition) is 5. The van der Waals surface area contributed by atoms with Crippen LogP contribution in [-0.2, 0) is 0 Å². The standard InChI is InChI=1S/C13H16BrN3O3/c1-2-12(16-5-3-15-4-6-16)10-7-9(17(19)20)8-11(14)13(10)18/h2,7-8,12,15,18H,1,3-6H2/t12-/m1/s1. The smallest absolute Gasteiger partial charge is 0.271 e. The summed E-state index contributed by atoms with van der Waals surface area (Å²) in [6, 6.07) is 2.47. The molecular formula is C13H16BrN3O3. The Labute approximate surface area is 125 Å². The Hall–Kier alpha value is -1.44. The van der Waals surface area contributed by atoms with E-state index < -0.39 is 4.92 Å². The number of phenols is 1. The molecule has 1 aromatic carbocycles. The molecule has 0 amide bonds. The summed E-state index contributed by atoms with van der Waals surface area (Å²) in [4.78, 5) is 12.6. The molecule has 0 spiro atoms. The second-order valence-corrected chi connectivity index (χ2v) is 5.44. The molecule has 2 N–H and O–H groups in total. The second kappa shape index (κ2) is 6.34. The van der Waals surface area contributed by atoms with Crippen molar-refractivity contribution in [3.63, 3.8) is 0 Å². The van der Waals surface area contributed by atoms with Gasteiger partial charge in [0, 0.05) is 43.9 Å². The van der Waals surface area contributed by atoms with Crippen LogP contribution < -0.4 is 5.32 Å². The molecule has 1 aliphatic rings. The Morgan fingerprint density at radius 1 is 1.50 bits per heavy atom. The molecule has 20 heavy (non-hydrogen) atoms. The molecular weight excluding hydrogens is 326 g/mol. The van der Waals surface area contributed by atoms with Crippen molar-refractivity contribution < 1.29 is 10.0 Å². The van der Waals surface area contributed by atoms with Crippen molar-refractivity contribution in [1.29, 1.82) is 0 Å². The fourth-order valence-corrected chi connectivity index (χ4v) is 2.83. The minimum Gasteiger partial charge on any atom is -0.506 e. The summed E-state index contributed by atoms with van der Waals surface area (Å²) in [6.07, 6.45) is 1.70. The Kier molecular flexibility index (Phi) is 4.74. The molecule has 1 saturated heterocycles. The molecule has 1 fully saturated rings. The zero-order valence-corrected chi connectivity index (χ0v) is 12.5. The van der Waals surface area contributed by atoms with Crippen molar-refractivity contribution in [3.8, 4) is 5.75 Å². The predicted molar refractivity (Wildman–Crippen MR) is 79.8 cm³/mol. The van der Waals surface area contributed by atoms with E-state index in [2.05, 4.69) is 32.7 Å². The largest absolute Gasteiger partial charge is 0.506 e. The molecule has 0 aliphatic carbocycles. The van der Waals surface area contributed by atoms with Gasteiger partial charge in [0.1, 0.15) is 5.75 Å². The number of nitrogens with zero attached hydrogens (tertiary/aromatic N) is 2. The van der Waals surface area contributed by atoms with E-state index in [4.69, 9.17) is 0 Å². The van der Waals surface area contributed by atoms with Crippen LogP contribution in [0.4, 0.5) is 5.69 Å². The van der Waals surface area contributed by atoms with Gasteiger partial charge in [-0.1, -0.05) is 6.08 Å². The molecule has 2 rings (SSSR count). The maximum Gasteiger partial charge on any atom is 0.271 e. The summed E-state index contributed by atoms with van der Waals surface area (Å²) in [5.74, 6) is 0.0269. The summed E-state index contributed by atoms with van der Waals surface area (Å²) in [7, 11) is 0. The van der Waals surface area contributed by atoms with E-state index in [1.165, 1.54) is 12.1 Å². The SMILES string of the molecule is C=C[C@H](c1cc([N+](=O)[O-])cc(Br)c1O)N1CCNCC1. The van der Waals surface area contributed by atoms with Crippen LogP contribution in [0.5, 0.6) is 5.75 Å². The maximum absolute atomic E-state index is 11.0. The highest BCUT2D eigenvalue weighted by Crippen LogP contribution is 2.38. The molecule has 1 atom stereocenters. The van der Waals surface area contributed by atoms with Crippen molar-refractivity contribution in [2.45, 2.75) is 6.04 Å². The van der Waals surface area contributed by atoms with Crippen molar-refractivity contribution >= 4 is 21.6 Å². The zero-order chi connectivity index (χ0) is 14.7. The molecule has 0 saturated carbocycles. The van der Waals surface area contributed by atoms with E-state index in [-0.39, 0.29) is 17.5 Å². The number of hydrogen-bond donors (Lipinski definition) is 2. The Bertz CT molecular complexity index is 530. The van der Waals surface area contributed by atoms with Gasteiger partial charge in [-0.2, -0.15) is 0 Å². The molecule has 7 heteroatoms. The number of nitro benzene ring substituents is 1. The van der Waals surface area contributed by atoms with Crippen LogP contribution in [0.2, 0.25) is 0 Å². The van der Waals surface area contributed by atoms with Crippen LogP contribution in [0.1, 0.15) is 11.6 Å². The molecule has 0 aromatic heterocycles. The Morgan fingerprint density at radius 3 is 2.70 bits per heavy atom. The van der Waals surface area contributed by atoms with Crippen LogP contribution in [0.3, 0.4) is 0 Å². The van der Waals surface area contributed by atoms with Crippen LogP contribution in [0.25, 0.3) is 0 Å². The maximum atomic E-state index is 11.0. The highest BCUT2D eigenvalue weighted by molar-refractivity contribution is 9.10. The van der Waals surface area contributed by atoms with Gasteiger partial charge in [0.2, 0.25) is 0 Å². The first kappa shape index (κ1) is 15.0. The summed E-state index contributed by atoms with van der Waals surface area (Å²) in [5, 5.41) is 24.4. The summed E-state index contributed by atoms with van der Waals surface area (Å²) >= 11 is 3.17. The van der Waals surface area contributed by atoms with Crippen molar-refractivity contribution in [1.82, 2.24) is 10.2 Å². The summed E-state index contributed by atoms with van der Waals surface area (Å²) in [5.41, 5.74) is 0.453. The lowest BCUT2D eigenvalue weighted by Gasteiger charge is -2.33. The van der Waals surface area contributed by atoms with Gasteiger partial charge in [-0.25, -0.2) is 0 Å². The number of piperazine rings is 1. The van der Waals surface area contributed by atoms with Gasteiger partial charge >= 0.3 is 0 Å². The van der Waals surface area contributed by atoms with Crippen molar-refractivity contribution in [2.24, 2.45) is 0 Å². The van der Waals surface area contributed by atoms with Crippen LogP contribution >= 0.6 is 15.9 Å². The molecule has 0 unspecified atom stereocenters. The predicted octanol–water partition coefficient (Wildman–Crippen LogP) is 2.20. The van der Waals surface area contributed by atoms with E-state index in [1.807, 2.05) is 0 Å². The zero-order valence-electron chi connectivity index (χ0n) is 10.9. The topological polar surface area (TPSA) is 78.6 Å². The lowest BCUT2D eigenvalue weighted by atomic mass is 10.0. The van der Waals surface area contributed by atoms with Gasteiger partial charge < -0.3 is 10.4 Å². The minimum atomic E-state index is -0.467. The van der Waals surface area contributed by atoms with E-state index in [0.717, 1.165) is 26.2 Å². The summed E-state index contributed by atoms with van der Waals surface area (Å²) < 4.78 is 0.323. The number of benzene rings is 1. The molecule has 0 radical (unpaired) electrons. The van der Waals surface area contributed by atoms with E-state index in [9.17, 15) is 15.2 Å². The normalized spacial score (nSPS) is 17.6. The fourth-order valence-electron chi connectivity index (χ4n) is 2.37. The summed E-state index contributed by atoms with van der Waals surface area (Å²) in [6.45, 7) is 7.10. The van der Waals surface area contributed by atoms with Gasteiger partial charge in [0.15, 0.2) is 0 Å². The van der Waals surface area contributed by atoms with E-state index >= 15 is 0 Å². The number of aromatic hydroxyl groups is 1. The first-order valence-electron chi connectivity index (χ1n) is 6.28. The van der Waals surface area contributed by atoms with Crippen molar-refractivity contribution in [3.05, 3.63) is 44.9 Å². The van der Waals surface area contributed by atoms with Crippen LogP contribution in [-0.4, -0.2) is 41.1 Å². The van der Waals surface area contributed by atoms with Gasteiger partial charge in [0.05, 0.1) is 15.4 Å². The van der Waals surface area contributed by atoms with Crippen molar-refractivity contribution in [2.75, 3.05) is 26.2 Å². The molecule has 1 aliphatic heterocycles. The van der Waals surface area contributed by atoms with Gasteiger partial charge in [0.25, 0.3) is 5.69 Å². The monoisotopic (exact) mass is 341 g/mol. The average Bonchev–Trinajstić information content (AvgIpc) is 2.45. The van der Waals surface area contributed by atoms with Gasteiger partial charge in [-0.3, -0.25) is 15.0 Å². The lowest BCUT2D eigenvalue weighted by Crippen LogP contribution is -2.44. The Balaban J connectivity index is 2.42. The Morgan fingerprint density at radius 2 is 2.15 bits per heavy atom. The van der Waals surface area contributed by atoms with Gasteiger partial charge in [-0.15, -0.1) is 6.58 Å². The quantitative estimate of drug-likeness (QED) is 0.498. The molecule has 1 heterocycles. The van der Waals surface area contributed by atoms with Crippen LogP contribution in [0.15, 0.2) is 29.3 Å². The molecule has 1 aromatic rings. The van der Waals surface area contributed by atoms with Gasteiger partial charge in [-0.05, 0) is 15.9 Å². The second-order valence-electron chi connectivity index (χ2n) is 4.59.